The van der Waals surface area contributed by atoms with Crippen molar-refractivity contribution < 1.29 is 0 Å². The van der Waals surface area contributed by atoms with E-state index in [1.807, 2.05) is 30.5 Å². The quantitative estimate of drug-likeness (QED) is 0.659. The van der Waals surface area contributed by atoms with Gasteiger partial charge < -0.3 is 5.32 Å². The van der Waals surface area contributed by atoms with Gasteiger partial charge in [0.05, 0.1) is 5.52 Å². The van der Waals surface area contributed by atoms with E-state index in [4.69, 9.17) is 11.6 Å². The summed E-state index contributed by atoms with van der Waals surface area (Å²) in [6.45, 7) is 2.78. The summed E-state index contributed by atoms with van der Waals surface area (Å²) in [5.41, 5.74) is 4.42. The summed E-state index contributed by atoms with van der Waals surface area (Å²) in [5.74, 6) is 0. The third kappa shape index (κ3) is 3.04. The van der Waals surface area contributed by atoms with Gasteiger partial charge in [-0.1, -0.05) is 33.6 Å². The Labute approximate surface area is 137 Å². The summed E-state index contributed by atoms with van der Waals surface area (Å²) in [6.07, 6.45) is 1.83. The lowest BCUT2D eigenvalue weighted by atomic mass is 10.1. The highest BCUT2D eigenvalue weighted by molar-refractivity contribution is 9.10. The summed E-state index contributed by atoms with van der Waals surface area (Å²) in [4.78, 5) is 4.46. The molecule has 0 saturated carbocycles. The highest BCUT2D eigenvalue weighted by Crippen LogP contribution is 2.27. The average molecular weight is 362 g/mol. The first-order valence-electron chi connectivity index (χ1n) is 6.67. The Hall–Kier alpha value is -1.58. The second-order valence-electron chi connectivity index (χ2n) is 4.92. The maximum absolute atomic E-state index is 6.06. The van der Waals surface area contributed by atoms with Crippen molar-refractivity contribution in [3.63, 3.8) is 0 Å². The highest BCUT2D eigenvalue weighted by atomic mass is 79.9. The zero-order valence-electron chi connectivity index (χ0n) is 11.5. The van der Waals surface area contributed by atoms with Crippen molar-refractivity contribution in [2.75, 3.05) is 5.32 Å². The first kappa shape index (κ1) is 14.4. The van der Waals surface area contributed by atoms with Gasteiger partial charge in [-0.25, -0.2) is 0 Å². The Morgan fingerprint density at radius 2 is 2.05 bits per heavy atom. The van der Waals surface area contributed by atoms with Crippen LogP contribution < -0.4 is 5.32 Å². The van der Waals surface area contributed by atoms with Crippen LogP contribution in [0.3, 0.4) is 0 Å². The molecule has 0 aliphatic heterocycles. The van der Waals surface area contributed by atoms with Crippen molar-refractivity contribution in [2.45, 2.75) is 13.5 Å². The molecule has 3 rings (SSSR count). The molecule has 2 nitrogen and oxygen atoms in total. The van der Waals surface area contributed by atoms with E-state index in [0.29, 0.717) is 6.54 Å². The molecule has 1 aromatic heterocycles. The third-order valence-electron chi connectivity index (χ3n) is 3.45. The number of nitrogens with zero attached hydrogens (tertiary/aromatic N) is 1. The van der Waals surface area contributed by atoms with Gasteiger partial charge in [-0.3, -0.25) is 4.98 Å². The lowest BCUT2D eigenvalue weighted by Crippen LogP contribution is -2.01. The van der Waals surface area contributed by atoms with Crippen LogP contribution in [0.5, 0.6) is 0 Å². The Morgan fingerprint density at radius 1 is 1.19 bits per heavy atom. The number of hydrogen-bond acceptors (Lipinski definition) is 2. The first-order chi connectivity index (χ1) is 10.1. The molecule has 21 heavy (non-hydrogen) atoms. The number of benzene rings is 2. The topological polar surface area (TPSA) is 24.9 Å². The van der Waals surface area contributed by atoms with E-state index in [1.54, 1.807) is 0 Å². The van der Waals surface area contributed by atoms with Crippen LogP contribution in [-0.4, -0.2) is 4.98 Å². The summed E-state index contributed by atoms with van der Waals surface area (Å²) in [5, 5.41) is 5.35. The molecule has 0 amide bonds. The maximum Gasteiger partial charge on any atom is 0.0751 e. The minimum Gasteiger partial charge on any atom is -0.380 e. The van der Waals surface area contributed by atoms with Gasteiger partial charge in [-0.05, 0) is 54.4 Å². The fourth-order valence-electron chi connectivity index (χ4n) is 2.34. The van der Waals surface area contributed by atoms with E-state index in [0.717, 1.165) is 31.6 Å². The lowest BCUT2D eigenvalue weighted by Gasteiger charge is -2.12. The van der Waals surface area contributed by atoms with Gasteiger partial charge in [0, 0.05) is 33.3 Å². The van der Waals surface area contributed by atoms with E-state index in [-0.39, 0.29) is 0 Å². The molecular weight excluding hydrogens is 348 g/mol. The lowest BCUT2D eigenvalue weighted by molar-refractivity contribution is 1.14. The van der Waals surface area contributed by atoms with Crippen molar-refractivity contribution >= 4 is 44.1 Å². The number of aryl methyl sites for hydroxylation is 1. The van der Waals surface area contributed by atoms with E-state index in [1.165, 1.54) is 5.56 Å². The van der Waals surface area contributed by atoms with Crippen LogP contribution >= 0.6 is 27.5 Å². The zero-order chi connectivity index (χ0) is 14.8. The molecule has 3 aromatic rings. The molecule has 0 radical (unpaired) electrons. The van der Waals surface area contributed by atoms with Crippen molar-refractivity contribution in [1.29, 1.82) is 0 Å². The number of nitrogens with one attached hydrogen (secondary N) is 1. The van der Waals surface area contributed by atoms with Crippen LogP contribution in [0.1, 0.15) is 11.1 Å². The van der Waals surface area contributed by atoms with Gasteiger partial charge in [0.2, 0.25) is 0 Å². The normalized spacial score (nSPS) is 10.8. The van der Waals surface area contributed by atoms with Crippen molar-refractivity contribution in [2.24, 2.45) is 0 Å². The van der Waals surface area contributed by atoms with Crippen LogP contribution in [0.15, 0.2) is 53.1 Å². The standard InChI is InChI=1S/C17H14BrClN2/c1-11-4-7-16(14-3-2-8-20-17(11)14)21-10-12-9-13(19)5-6-15(12)18/h2-9,21H,10H2,1H3. The monoisotopic (exact) mass is 360 g/mol. The Balaban J connectivity index is 1.92. The van der Waals surface area contributed by atoms with E-state index < -0.39 is 0 Å². The smallest absolute Gasteiger partial charge is 0.0751 e. The second-order valence-corrected chi connectivity index (χ2v) is 6.21. The molecule has 0 aliphatic carbocycles. The first-order valence-corrected chi connectivity index (χ1v) is 7.84. The highest BCUT2D eigenvalue weighted by Gasteiger charge is 2.06. The van der Waals surface area contributed by atoms with Crippen molar-refractivity contribution in [3.05, 3.63) is 69.3 Å². The molecule has 1 N–H and O–H groups in total. The van der Waals surface area contributed by atoms with Crippen LogP contribution in [0.25, 0.3) is 10.9 Å². The number of aromatic nitrogens is 1. The maximum atomic E-state index is 6.06. The molecule has 2 aromatic carbocycles. The fraction of sp³-hybridized carbons (Fsp3) is 0.118. The minimum absolute atomic E-state index is 0.703. The van der Waals surface area contributed by atoms with E-state index in [2.05, 4.69) is 51.4 Å². The van der Waals surface area contributed by atoms with Gasteiger partial charge in [0.25, 0.3) is 0 Å². The van der Waals surface area contributed by atoms with Gasteiger partial charge in [0.1, 0.15) is 0 Å². The average Bonchev–Trinajstić information content (AvgIpc) is 2.50. The molecule has 106 valence electrons. The van der Waals surface area contributed by atoms with Crippen molar-refractivity contribution in [3.8, 4) is 0 Å². The SMILES string of the molecule is Cc1ccc(NCc2cc(Cl)ccc2Br)c2cccnc12. The van der Waals surface area contributed by atoms with Crippen LogP contribution in [0.4, 0.5) is 5.69 Å². The Bertz CT molecular complexity index is 802. The van der Waals surface area contributed by atoms with Crippen LogP contribution in [0.2, 0.25) is 5.02 Å². The molecule has 0 atom stereocenters. The zero-order valence-corrected chi connectivity index (χ0v) is 13.9. The van der Waals surface area contributed by atoms with Gasteiger partial charge >= 0.3 is 0 Å². The van der Waals surface area contributed by atoms with Gasteiger partial charge in [0.15, 0.2) is 0 Å². The third-order valence-corrected chi connectivity index (χ3v) is 4.46. The number of hydrogen-bond donors (Lipinski definition) is 1. The molecule has 0 aliphatic rings. The predicted octanol–water partition coefficient (Wildman–Crippen LogP) is 5.57. The van der Waals surface area contributed by atoms with Crippen LogP contribution in [0, 0.1) is 6.92 Å². The molecule has 1 heterocycles. The summed E-state index contributed by atoms with van der Waals surface area (Å²) >= 11 is 9.61. The molecule has 0 bridgehead atoms. The number of halogens is 2. The summed E-state index contributed by atoms with van der Waals surface area (Å²) in [6, 6.07) is 14.0. The summed E-state index contributed by atoms with van der Waals surface area (Å²) < 4.78 is 1.05. The summed E-state index contributed by atoms with van der Waals surface area (Å²) in [7, 11) is 0. The molecule has 0 fully saturated rings. The van der Waals surface area contributed by atoms with Crippen molar-refractivity contribution in [1.82, 2.24) is 4.98 Å². The molecule has 0 saturated heterocycles. The van der Waals surface area contributed by atoms with Gasteiger partial charge in [-0.2, -0.15) is 0 Å². The Kier molecular flexibility index (Phi) is 4.13. The molecular formula is C17H14BrClN2. The number of fused-ring (bicyclic) bond motifs is 1. The number of pyridine rings is 1. The van der Waals surface area contributed by atoms with Crippen LogP contribution in [-0.2, 0) is 6.54 Å². The second kappa shape index (κ2) is 6.04. The van der Waals surface area contributed by atoms with E-state index in [9.17, 15) is 0 Å². The fourth-order valence-corrected chi connectivity index (χ4v) is 2.92. The molecule has 0 unspecified atom stereocenters. The van der Waals surface area contributed by atoms with E-state index >= 15 is 0 Å². The Morgan fingerprint density at radius 3 is 2.90 bits per heavy atom. The van der Waals surface area contributed by atoms with Gasteiger partial charge in [-0.15, -0.1) is 0 Å². The largest absolute Gasteiger partial charge is 0.380 e. The number of rotatable bonds is 3. The number of anilines is 1. The molecule has 0 spiro atoms. The predicted molar refractivity (Wildman–Crippen MR) is 93.0 cm³/mol. The minimum atomic E-state index is 0.703. The molecule has 4 heteroatoms.